The van der Waals surface area contributed by atoms with Crippen molar-refractivity contribution in [1.82, 2.24) is 10.2 Å². The van der Waals surface area contributed by atoms with E-state index in [0.717, 1.165) is 40.4 Å². The summed E-state index contributed by atoms with van der Waals surface area (Å²) < 4.78 is 7.16. The van der Waals surface area contributed by atoms with E-state index in [9.17, 15) is 0 Å². The van der Waals surface area contributed by atoms with Crippen LogP contribution in [-0.2, 0) is 13.2 Å². The summed E-state index contributed by atoms with van der Waals surface area (Å²) in [6.45, 7) is 4.91. The zero-order chi connectivity index (χ0) is 18.8. The van der Waals surface area contributed by atoms with Gasteiger partial charge in [0.2, 0.25) is 0 Å². The maximum atomic E-state index is 6.27. The van der Waals surface area contributed by atoms with Crippen LogP contribution in [0.2, 0.25) is 10.0 Å². The van der Waals surface area contributed by atoms with Crippen molar-refractivity contribution in [2.45, 2.75) is 32.0 Å². The van der Waals surface area contributed by atoms with Crippen molar-refractivity contribution >= 4 is 63.9 Å². The molecule has 2 aromatic carbocycles. The van der Waals surface area contributed by atoms with Crippen LogP contribution in [0.4, 0.5) is 0 Å². The Morgan fingerprint density at radius 1 is 1.03 bits per heavy atom. The fraction of sp³-hybridized carbons (Fsp3) is 0.429. The second-order valence-corrected chi connectivity index (χ2v) is 9.16. The number of fused-ring (bicyclic) bond motifs is 3. The number of nitrogens with zero attached hydrogens (tertiary/aromatic N) is 1. The molecule has 3 heterocycles. The summed E-state index contributed by atoms with van der Waals surface area (Å²) in [6, 6.07) is 12.2. The number of benzene rings is 2. The molecule has 0 aromatic heterocycles. The van der Waals surface area contributed by atoms with Crippen LogP contribution < -0.4 is 10.1 Å². The average molecular weight is 543 g/mol. The number of halogens is 5. The van der Waals surface area contributed by atoms with Gasteiger partial charge in [-0.05, 0) is 62.2 Å². The minimum atomic E-state index is 0. The highest BCUT2D eigenvalue weighted by Crippen LogP contribution is 2.30. The third kappa shape index (κ3) is 6.39. The lowest BCUT2D eigenvalue weighted by molar-refractivity contribution is 0.0718. The van der Waals surface area contributed by atoms with Gasteiger partial charge in [-0.1, -0.05) is 45.2 Å². The van der Waals surface area contributed by atoms with E-state index >= 15 is 0 Å². The van der Waals surface area contributed by atoms with E-state index < -0.39 is 0 Å². The SMILES string of the molecule is Cl.Cl.Clc1ccc(COc2ccc(Br)cc2CNC2CN3CCC2CC3)c(Cl)c1. The molecule has 2 aromatic rings. The normalized spacial score (nSPS) is 22.5. The number of hydrogen-bond donors (Lipinski definition) is 1. The van der Waals surface area contributed by atoms with Crippen LogP contribution in [0.1, 0.15) is 24.0 Å². The van der Waals surface area contributed by atoms with Crippen molar-refractivity contribution in [2.75, 3.05) is 19.6 Å². The molecule has 1 atom stereocenters. The van der Waals surface area contributed by atoms with E-state index in [4.69, 9.17) is 27.9 Å². The van der Waals surface area contributed by atoms with Gasteiger partial charge in [-0.3, -0.25) is 0 Å². The summed E-state index contributed by atoms with van der Waals surface area (Å²) in [5.74, 6) is 1.69. The summed E-state index contributed by atoms with van der Waals surface area (Å²) in [7, 11) is 0. The summed E-state index contributed by atoms with van der Waals surface area (Å²) in [5.41, 5.74) is 2.09. The Morgan fingerprint density at radius 2 is 1.79 bits per heavy atom. The van der Waals surface area contributed by atoms with Gasteiger partial charge in [0.15, 0.2) is 0 Å². The van der Waals surface area contributed by atoms with Gasteiger partial charge in [-0.25, -0.2) is 0 Å². The molecule has 3 aliphatic rings. The molecule has 0 amide bonds. The number of hydrogen-bond acceptors (Lipinski definition) is 3. The molecule has 3 saturated heterocycles. The number of ether oxygens (including phenoxy) is 1. The first-order chi connectivity index (χ1) is 13.1. The predicted octanol–water partition coefficient (Wildman–Crippen LogP) is 6.36. The summed E-state index contributed by atoms with van der Waals surface area (Å²) in [5, 5.41) is 5.03. The Bertz CT molecular complexity index is 815. The minimum Gasteiger partial charge on any atom is -0.489 e. The Balaban J connectivity index is 0.00000150. The fourth-order valence-electron chi connectivity index (χ4n) is 4.06. The summed E-state index contributed by atoms with van der Waals surface area (Å²) in [6.07, 6.45) is 2.63. The Hall–Kier alpha value is -0.200. The van der Waals surface area contributed by atoms with Crippen molar-refractivity contribution in [3.63, 3.8) is 0 Å². The van der Waals surface area contributed by atoms with Crippen molar-refractivity contribution in [3.05, 3.63) is 62.0 Å². The van der Waals surface area contributed by atoms with Crippen LogP contribution in [0.3, 0.4) is 0 Å². The molecular weight excluding hydrogens is 518 g/mol. The van der Waals surface area contributed by atoms with Crippen LogP contribution in [0.15, 0.2) is 40.9 Å². The summed E-state index contributed by atoms with van der Waals surface area (Å²) in [4.78, 5) is 2.57. The highest BCUT2D eigenvalue weighted by atomic mass is 79.9. The quantitative estimate of drug-likeness (QED) is 0.459. The van der Waals surface area contributed by atoms with E-state index in [1.54, 1.807) is 6.07 Å². The lowest BCUT2D eigenvalue weighted by Gasteiger charge is -2.45. The molecular formula is C21H25BrCl4N2O. The molecule has 1 N–H and O–H groups in total. The van der Waals surface area contributed by atoms with Gasteiger partial charge >= 0.3 is 0 Å². The lowest BCUT2D eigenvalue weighted by Crippen LogP contribution is -2.55. The largest absolute Gasteiger partial charge is 0.489 e. The molecule has 1 unspecified atom stereocenters. The maximum Gasteiger partial charge on any atom is 0.124 e. The van der Waals surface area contributed by atoms with Crippen LogP contribution in [-0.4, -0.2) is 30.6 Å². The standard InChI is InChI=1S/C21H23BrCl2N2O.2ClH/c22-17-2-4-21(27-13-15-1-3-18(23)10-19(15)24)16(9-17)11-25-20-12-26-7-5-14(20)6-8-26;;/h1-4,9-10,14,20,25H,5-8,11-13H2;2*1H. The van der Waals surface area contributed by atoms with Gasteiger partial charge in [-0.2, -0.15) is 0 Å². The minimum absolute atomic E-state index is 0. The molecule has 0 radical (unpaired) electrons. The molecule has 29 heavy (non-hydrogen) atoms. The Kier molecular flexibility index (Phi) is 9.88. The van der Waals surface area contributed by atoms with E-state index in [-0.39, 0.29) is 24.8 Å². The van der Waals surface area contributed by atoms with Gasteiger partial charge in [-0.15, -0.1) is 24.8 Å². The van der Waals surface area contributed by atoms with Gasteiger partial charge in [0.1, 0.15) is 12.4 Å². The first-order valence-electron chi connectivity index (χ1n) is 9.39. The van der Waals surface area contributed by atoms with E-state index in [0.29, 0.717) is 22.7 Å². The average Bonchev–Trinajstić information content (AvgIpc) is 2.68. The molecule has 160 valence electrons. The van der Waals surface area contributed by atoms with Crippen LogP contribution in [0, 0.1) is 5.92 Å². The highest BCUT2D eigenvalue weighted by Gasteiger charge is 2.33. The first-order valence-corrected chi connectivity index (χ1v) is 10.9. The third-order valence-corrected chi connectivity index (χ3v) is 6.71. The van der Waals surface area contributed by atoms with Crippen molar-refractivity contribution in [3.8, 4) is 5.75 Å². The zero-order valence-corrected chi connectivity index (χ0v) is 20.6. The first kappa shape index (κ1) is 25.1. The summed E-state index contributed by atoms with van der Waals surface area (Å²) >= 11 is 15.8. The van der Waals surface area contributed by atoms with E-state index in [2.05, 4.69) is 32.2 Å². The Morgan fingerprint density at radius 3 is 2.45 bits per heavy atom. The number of rotatable bonds is 6. The zero-order valence-electron chi connectivity index (χ0n) is 15.9. The van der Waals surface area contributed by atoms with Crippen LogP contribution in [0.25, 0.3) is 0 Å². The molecule has 3 fully saturated rings. The number of nitrogens with one attached hydrogen (secondary N) is 1. The number of piperidine rings is 3. The second-order valence-electron chi connectivity index (χ2n) is 7.40. The van der Waals surface area contributed by atoms with Gasteiger partial charge in [0.25, 0.3) is 0 Å². The molecule has 0 saturated carbocycles. The molecule has 3 nitrogen and oxygen atoms in total. The molecule has 3 aliphatic heterocycles. The van der Waals surface area contributed by atoms with Gasteiger partial charge in [0, 0.05) is 44.8 Å². The van der Waals surface area contributed by atoms with Gasteiger partial charge < -0.3 is 15.0 Å². The molecule has 8 heteroatoms. The molecule has 0 spiro atoms. The molecule has 2 bridgehead atoms. The van der Waals surface area contributed by atoms with E-state index in [1.165, 1.54) is 25.9 Å². The van der Waals surface area contributed by atoms with E-state index in [1.807, 2.05) is 24.3 Å². The van der Waals surface area contributed by atoms with Crippen LogP contribution in [0.5, 0.6) is 5.75 Å². The highest BCUT2D eigenvalue weighted by molar-refractivity contribution is 9.10. The smallest absolute Gasteiger partial charge is 0.124 e. The topological polar surface area (TPSA) is 24.5 Å². The third-order valence-electron chi connectivity index (χ3n) is 5.63. The second kappa shape index (κ2) is 11.4. The predicted molar refractivity (Wildman–Crippen MR) is 129 cm³/mol. The maximum absolute atomic E-state index is 6.27. The van der Waals surface area contributed by atoms with Crippen LogP contribution >= 0.6 is 63.9 Å². The fourth-order valence-corrected chi connectivity index (χ4v) is 4.93. The molecule has 5 rings (SSSR count). The molecule has 0 aliphatic carbocycles. The lowest BCUT2D eigenvalue weighted by atomic mass is 9.84. The van der Waals surface area contributed by atoms with Crippen molar-refractivity contribution in [2.24, 2.45) is 5.92 Å². The van der Waals surface area contributed by atoms with Gasteiger partial charge in [0.05, 0.1) is 0 Å². The van der Waals surface area contributed by atoms with Crippen molar-refractivity contribution in [1.29, 1.82) is 0 Å². The Labute approximate surface area is 203 Å². The van der Waals surface area contributed by atoms with Crippen molar-refractivity contribution < 1.29 is 4.74 Å². The monoisotopic (exact) mass is 540 g/mol.